The van der Waals surface area contributed by atoms with E-state index in [1.807, 2.05) is 73.6 Å². The molecule has 10 aromatic rings. The van der Waals surface area contributed by atoms with Gasteiger partial charge in [-0.05, 0) is 172 Å². The maximum atomic E-state index is 14.1. The van der Waals surface area contributed by atoms with Crippen molar-refractivity contribution < 1.29 is 38.4 Å². The second kappa shape index (κ2) is 23.3. The number of amides is 8. The lowest BCUT2D eigenvalue weighted by atomic mass is 9.80. The Morgan fingerprint density at radius 3 is 0.913 bits per heavy atom. The minimum Gasteiger partial charge on any atom is -0.271 e. The third-order valence-electron chi connectivity index (χ3n) is 20.2. The normalized spacial score (nSPS) is 15.8. The molecule has 0 fully saturated rings. The second-order valence-corrected chi connectivity index (χ2v) is 24.9. The number of aryl methyl sites for hydroxylation is 1. The van der Waals surface area contributed by atoms with Crippen LogP contribution in [0.15, 0.2) is 72.8 Å². The number of nitrogens with zero attached hydrogens (tertiary/aromatic N) is 7. The summed E-state index contributed by atoms with van der Waals surface area (Å²) in [6, 6.07) is 22.4. The Hall–Kier alpha value is -10.2. The summed E-state index contributed by atoms with van der Waals surface area (Å²) >= 11 is 0. The van der Waals surface area contributed by atoms with Gasteiger partial charge in [-0.2, -0.15) is 5.26 Å². The molecule has 4 heterocycles. The fourth-order valence-corrected chi connectivity index (χ4v) is 16.2. The third-order valence-corrected chi connectivity index (χ3v) is 20.2. The van der Waals surface area contributed by atoms with E-state index in [0.717, 1.165) is 59.2 Å². The molecule has 462 valence electrons. The maximum Gasteiger partial charge on any atom is 0.261 e. The summed E-state index contributed by atoms with van der Waals surface area (Å²) in [6.07, 6.45) is 8.69. The van der Waals surface area contributed by atoms with E-state index in [1.165, 1.54) is 19.6 Å². The van der Waals surface area contributed by atoms with E-state index in [9.17, 15) is 43.6 Å². The lowest BCUT2D eigenvalue weighted by molar-refractivity contribution is 0.0510. The van der Waals surface area contributed by atoms with Gasteiger partial charge in [-0.25, -0.2) is 9.69 Å². The van der Waals surface area contributed by atoms with E-state index in [0.29, 0.717) is 160 Å². The molecule has 4 atom stereocenters. The van der Waals surface area contributed by atoms with Crippen molar-refractivity contribution in [1.82, 2.24) is 19.6 Å². The van der Waals surface area contributed by atoms with E-state index in [-0.39, 0.29) is 78.3 Å². The molecule has 0 bridgehead atoms. The van der Waals surface area contributed by atoms with Crippen molar-refractivity contribution in [3.8, 4) is 6.07 Å². The minimum atomic E-state index is -0.423. The SMILES string of the molecule is C.[C-]#[N+]c1cc2c3c(ccc4c5c(C#N)cc6c7c(ccc(c1c34)c75)C(=O)N([C@H](CC)CCC)C6=O)C(=O)N([C@H](CC)CCC)C2=O.[C-]#[N+]c1cc2c3c(ccc4c5c(C)cc6c7c(ccc(c1c34)c75)C(=O)N([C@@H](CC)CCC)C6=O)C(=O)N([C@@H](CC)CCC)C2=O. The minimum absolute atomic E-state index is 0. The molecule has 0 saturated carbocycles. The molecule has 0 N–H and O–H groups in total. The Morgan fingerprint density at radius 1 is 0.359 bits per heavy atom. The Balaban J connectivity index is 0.000000176. The van der Waals surface area contributed by atoms with Gasteiger partial charge in [0.05, 0.1) is 30.3 Å². The highest BCUT2D eigenvalue weighted by Crippen LogP contribution is 2.53. The molecule has 92 heavy (non-hydrogen) atoms. The van der Waals surface area contributed by atoms with Gasteiger partial charge >= 0.3 is 0 Å². The van der Waals surface area contributed by atoms with Crippen LogP contribution in [-0.2, 0) is 0 Å². The Labute approximate surface area is 533 Å². The molecule has 4 aliphatic rings. The van der Waals surface area contributed by atoms with Crippen molar-refractivity contribution in [2.75, 3.05) is 0 Å². The monoisotopic (exact) mass is 1220 g/mol. The van der Waals surface area contributed by atoms with Crippen LogP contribution in [-0.4, -0.2) is 91.0 Å². The highest BCUT2D eigenvalue weighted by atomic mass is 16.2. The number of hydrogen-bond acceptors (Lipinski definition) is 9. The van der Waals surface area contributed by atoms with Gasteiger partial charge in [0.1, 0.15) is 0 Å². The molecule has 14 rings (SSSR count). The van der Waals surface area contributed by atoms with Crippen molar-refractivity contribution >= 4 is 145 Å². The zero-order chi connectivity index (χ0) is 64.5. The van der Waals surface area contributed by atoms with Crippen LogP contribution < -0.4 is 0 Å². The standard InChI is InChI=1S/C38H32N4O4.C38H35N3O4.CH4/c1-6-10-20(8-3)41-35(43)24-15-13-23-32-28(40-5)17-27-31-25(36(44)42(38(27)46)21(9-4)11-7-2)14-12-22(34(31)32)29-19(18-39)16-26(37(41)45)30(24)33(23)29;1-7-11-20(9-3)40-35(42)24-16-14-23-32-28(39-6)18-27-31-25(36(43)41(38(27)45)21(10-4)12-8-2)15-13-22(34(31)32)29-19(5)17-26(37(40)44)30(24)33(23)29;/h12-17,20-21H,6-11H2,1-4H3;13-18,20-21H,7-12H2,1-5H3;1H4/t2*20-,21-;/m10./s1. The predicted molar refractivity (Wildman–Crippen MR) is 362 cm³/mol. The smallest absolute Gasteiger partial charge is 0.261 e. The second-order valence-electron chi connectivity index (χ2n) is 24.9. The van der Waals surface area contributed by atoms with Gasteiger partial charge in [0.25, 0.3) is 47.3 Å². The topological polar surface area (TPSA) is 182 Å². The van der Waals surface area contributed by atoms with Crippen molar-refractivity contribution in [2.45, 2.75) is 171 Å². The average Bonchev–Trinajstić information content (AvgIpc) is 0.690. The highest BCUT2D eigenvalue weighted by Gasteiger charge is 2.44. The van der Waals surface area contributed by atoms with Crippen molar-refractivity contribution in [3.05, 3.63) is 151 Å². The molecule has 0 radical (unpaired) electrons. The Kier molecular flexibility index (Phi) is 15.7. The molecule has 0 unspecified atom stereocenters. The molecule has 10 aromatic carbocycles. The fraction of sp³-hybridized carbons (Fsp3) is 0.338. The van der Waals surface area contributed by atoms with Gasteiger partial charge < -0.3 is 0 Å². The number of imide groups is 4. The first-order valence-corrected chi connectivity index (χ1v) is 32.2. The Bertz CT molecular complexity index is 4950. The first-order valence-electron chi connectivity index (χ1n) is 32.2. The summed E-state index contributed by atoms with van der Waals surface area (Å²) in [5.41, 5.74) is 4.85. The number of nitriles is 1. The lowest BCUT2D eigenvalue weighted by Crippen LogP contribution is -2.47. The zero-order valence-electron chi connectivity index (χ0n) is 52.6. The fourth-order valence-electron chi connectivity index (χ4n) is 16.2. The maximum absolute atomic E-state index is 14.1. The van der Waals surface area contributed by atoms with Crippen LogP contribution in [0.5, 0.6) is 0 Å². The van der Waals surface area contributed by atoms with E-state index in [2.05, 4.69) is 22.7 Å². The summed E-state index contributed by atoms with van der Waals surface area (Å²) < 4.78 is 0. The number of carbonyl (C=O) groups excluding carboxylic acids is 8. The largest absolute Gasteiger partial charge is 0.271 e. The number of benzene rings is 10. The molecule has 0 saturated heterocycles. The van der Waals surface area contributed by atoms with Crippen LogP contribution in [0.1, 0.15) is 234 Å². The first-order chi connectivity index (χ1) is 44.0. The summed E-state index contributed by atoms with van der Waals surface area (Å²) in [7, 11) is 0. The lowest BCUT2D eigenvalue weighted by Gasteiger charge is -2.35. The van der Waals surface area contributed by atoms with Crippen LogP contribution >= 0.6 is 0 Å². The van der Waals surface area contributed by atoms with Crippen LogP contribution in [0.25, 0.3) is 95.9 Å². The molecule has 0 spiro atoms. The van der Waals surface area contributed by atoms with E-state index in [1.54, 1.807) is 54.6 Å². The van der Waals surface area contributed by atoms with Gasteiger partial charge in [-0.1, -0.05) is 113 Å². The van der Waals surface area contributed by atoms with Gasteiger partial charge in [-0.15, -0.1) is 0 Å². The van der Waals surface area contributed by atoms with E-state index >= 15 is 0 Å². The quantitative estimate of drug-likeness (QED) is 0.0393. The van der Waals surface area contributed by atoms with E-state index in [4.69, 9.17) is 13.1 Å². The number of fused-ring (bicyclic) bond motifs is 4. The molecular formula is C77H71N7O8. The summed E-state index contributed by atoms with van der Waals surface area (Å²) in [5, 5.41) is 20.6. The summed E-state index contributed by atoms with van der Waals surface area (Å²) in [4.78, 5) is 126. The van der Waals surface area contributed by atoms with Crippen LogP contribution in [0.4, 0.5) is 11.4 Å². The summed E-state index contributed by atoms with van der Waals surface area (Å²) in [6.45, 7) is 34.4. The van der Waals surface area contributed by atoms with Crippen molar-refractivity contribution in [2.24, 2.45) is 0 Å². The molecule has 15 nitrogen and oxygen atoms in total. The van der Waals surface area contributed by atoms with E-state index < -0.39 is 11.8 Å². The van der Waals surface area contributed by atoms with Gasteiger partial charge in [0, 0.05) is 90.0 Å². The zero-order valence-corrected chi connectivity index (χ0v) is 52.6. The molecule has 0 aliphatic carbocycles. The predicted octanol–water partition coefficient (Wildman–Crippen LogP) is 18.1. The van der Waals surface area contributed by atoms with Gasteiger partial charge in [0.2, 0.25) is 0 Å². The van der Waals surface area contributed by atoms with Gasteiger partial charge in [0.15, 0.2) is 11.4 Å². The molecule has 4 aliphatic heterocycles. The van der Waals surface area contributed by atoms with Gasteiger partial charge in [-0.3, -0.25) is 58.0 Å². The van der Waals surface area contributed by atoms with Crippen LogP contribution in [0, 0.1) is 31.4 Å². The van der Waals surface area contributed by atoms with Crippen LogP contribution in [0.2, 0.25) is 0 Å². The number of carbonyl (C=O) groups is 8. The van der Waals surface area contributed by atoms with Crippen LogP contribution in [0.3, 0.4) is 0 Å². The molecule has 15 heteroatoms. The molecular weight excluding hydrogens is 1150 g/mol. The van der Waals surface area contributed by atoms with Crippen molar-refractivity contribution in [1.29, 1.82) is 5.26 Å². The molecule has 8 amide bonds. The third kappa shape index (κ3) is 8.34. The summed E-state index contributed by atoms with van der Waals surface area (Å²) in [5.74, 6) is -2.80. The first kappa shape index (κ1) is 62.0. The average molecular weight is 1220 g/mol. The molecule has 0 aromatic heterocycles. The highest BCUT2D eigenvalue weighted by molar-refractivity contribution is 6.45. The van der Waals surface area contributed by atoms with Crippen molar-refractivity contribution in [3.63, 3.8) is 0 Å². The number of rotatable bonds is 16. The number of hydrogen-bond donors (Lipinski definition) is 0. The Morgan fingerprint density at radius 2 is 0.620 bits per heavy atom.